The van der Waals surface area contributed by atoms with Gasteiger partial charge in [-0.15, -0.1) is 0 Å². The van der Waals surface area contributed by atoms with E-state index in [1.807, 2.05) is 65.0 Å². The van der Waals surface area contributed by atoms with Crippen LogP contribution in [0.4, 0.5) is 0 Å². The highest BCUT2D eigenvalue weighted by molar-refractivity contribution is 7.94. The van der Waals surface area contributed by atoms with Crippen LogP contribution in [0.1, 0.15) is 57.4 Å². The number of benzene rings is 2. The van der Waals surface area contributed by atoms with E-state index in [1.165, 1.54) is 6.26 Å². The van der Waals surface area contributed by atoms with Crippen LogP contribution in [0.5, 0.6) is 11.6 Å². The maximum Gasteiger partial charge on any atom is 0.337 e. The predicted octanol–water partition coefficient (Wildman–Crippen LogP) is 6.91. The number of allylic oxidation sites excluding steroid dienone is 2. The SMILES string of the molecule is CC=CC(COc1ccc2c(-c3ccc4c5c(ccnc35)CCO4)c(C(OC(C)(C)C)C(=O)O)c(C)cc2n1)=C(C)S(C)(=O)=O. The Bertz CT molecular complexity index is 1980. The first-order chi connectivity index (χ1) is 21.2. The highest BCUT2D eigenvalue weighted by Crippen LogP contribution is 2.45. The molecular formula is C35H38N2O7S. The second-order valence-corrected chi connectivity index (χ2v) is 14.3. The summed E-state index contributed by atoms with van der Waals surface area (Å²) in [6, 6.07) is 11.2. The Morgan fingerprint density at radius 2 is 1.93 bits per heavy atom. The normalized spacial score (nSPS) is 14.8. The van der Waals surface area contributed by atoms with Crippen LogP contribution in [0.15, 0.2) is 65.2 Å². The number of aliphatic carboxylic acids is 1. The summed E-state index contributed by atoms with van der Waals surface area (Å²) in [5.41, 5.74) is 4.77. The molecule has 1 unspecified atom stereocenters. The number of carboxylic acid groups (broad SMARTS) is 1. The van der Waals surface area contributed by atoms with Crippen molar-refractivity contribution in [1.82, 2.24) is 9.97 Å². The molecule has 1 atom stereocenters. The number of carbonyl (C=O) groups is 1. The van der Waals surface area contributed by atoms with Crippen molar-refractivity contribution >= 4 is 37.6 Å². The van der Waals surface area contributed by atoms with E-state index in [-0.39, 0.29) is 11.5 Å². The Morgan fingerprint density at radius 3 is 2.60 bits per heavy atom. The Labute approximate surface area is 263 Å². The maximum atomic E-state index is 12.8. The van der Waals surface area contributed by atoms with E-state index in [4.69, 9.17) is 24.2 Å². The molecule has 9 nitrogen and oxygen atoms in total. The van der Waals surface area contributed by atoms with Crippen molar-refractivity contribution in [3.8, 4) is 22.8 Å². The number of fused-ring (bicyclic) bond motifs is 1. The number of nitrogens with zero attached hydrogens (tertiary/aromatic N) is 2. The zero-order valence-electron chi connectivity index (χ0n) is 26.6. The second-order valence-electron chi connectivity index (χ2n) is 12.2. The molecule has 3 heterocycles. The zero-order chi connectivity index (χ0) is 32.7. The summed E-state index contributed by atoms with van der Waals surface area (Å²) in [4.78, 5) is 22.6. The average Bonchev–Trinajstić information content (AvgIpc) is 2.97. The van der Waals surface area contributed by atoms with Crippen molar-refractivity contribution in [2.45, 2.75) is 59.7 Å². The monoisotopic (exact) mass is 630 g/mol. The Morgan fingerprint density at radius 1 is 1.18 bits per heavy atom. The molecule has 5 rings (SSSR count). The highest BCUT2D eigenvalue weighted by Gasteiger charge is 2.33. The van der Waals surface area contributed by atoms with Gasteiger partial charge in [-0.05, 0) is 88.6 Å². The summed E-state index contributed by atoms with van der Waals surface area (Å²) in [5, 5.41) is 12.1. The van der Waals surface area contributed by atoms with Gasteiger partial charge in [0.2, 0.25) is 5.88 Å². The molecule has 1 N–H and O–H groups in total. The smallest absolute Gasteiger partial charge is 0.337 e. The van der Waals surface area contributed by atoms with E-state index < -0.39 is 27.5 Å². The van der Waals surface area contributed by atoms with Gasteiger partial charge in [-0.3, -0.25) is 4.98 Å². The lowest BCUT2D eigenvalue weighted by molar-refractivity contribution is -0.160. The molecule has 0 amide bonds. The minimum atomic E-state index is -3.41. The average molecular weight is 631 g/mol. The van der Waals surface area contributed by atoms with E-state index in [9.17, 15) is 18.3 Å². The van der Waals surface area contributed by atoms with E-state index in [0.29, 0.717) is 51.2 Å². The first-order valence-corrected chi connectivity index (χ1v) is 16.6. The number of sulfone groups is 1. The lowest BCUT2D eigenvalue weighted by Gasteiger charge is -2.29. The lowest BCUT2D eigenvalue weighted by Crippen LogP contribution is -2.28. The fourth-order valence-corrected chi connectivity index (χ4v) is 6.26. The third kappa shape index (κ3) is 6.57. The van der Waals surface area contributed by atoms with Crippen LogP contribution < -0.4 is 9.47 Å². The van der Waals surface area contributed by atoms with Gasteiger partial charge in [0.15, 0.2) is 15.9 Å². The standard InChI is InChI=1S/C35H38N2O7S/c1-8-9-23(21(3)45(7,40)41)19-43-28-13-11-24-26(37-28)18-20(2)29(33(34(38)39)44-35(4,5)6)31(24)25-10-12-27-30-22(15-17-42-27)14-16-36-32(25)30/h8-14,16,18,33H,15,17,19H2,1-7H3,(H,38,39). The number of hydrogen-bond acceptors (Lipinski definition) is 8. The molecular weight excluding hydrogens is 592 g/mol. The molecule has 0 fully saturated rings. The molecule has 0 bridgehead atoms. The third-order valence-electron chi connectivity index (χ3n) is 7.76. The Hall–Kier alpha value is -4.28. The molecule has 10 heteroatoms. The van der Waals surface area contributed by atoms with E-state index in [1.54, 1.807) is 31.3 Å². The Balaban J connectivity index is 1.74. The molecule has 2 aromatic heterocycles. The number of pyridine rings is 2. The summed E-state index contributed by atoms with van der Waals surface area (Å²) in [6.45, 7) is 11.3. The fraction of sp³-hybridized carbons (Fsp3) is 0.343. The topological polar surface area (TPSA) is 125 Å². The van der Waals surface area contributed by atoms with Gasteiger partial charge < -0.3 is 19.3 Å². The molecule has 45 heavy (non-hydrogen) atoms. The van der Waals surface area contributed by atoms with Gasteiger partial charge in [0.1, 0.15) is 12.4 Å². The van der Waals surface area contributed by atoms with Crippen LogP contribution in [0, 0.1) is 6.92 Å². The molecule has 2 aromatic carbocycles. The van der Waals surface area contributed by atoms with Crippen molar-refractivity contribution in [2.75, 3.05) is 19.5 Å². The lowest BCUT2D eigenvalue weighted by atomic mass is 9.86. The van der Waals surface area contributed by atoms with E-state index in [0.717, 1.165) is 28.7 Å². The van der Waals surface area contributed by atoms with Gasteiger partial charge in [0, 0.05) is 57.3 Å². The van der Waals surface area contributed by atoms with Gasteiger partial charge in [-0.2, -0.15) is 0 Å². The van der Waals surface area contributed by atoms with Crippen molar-refractivity contribution in [1.29, 1.82) is 0 Å². The molecule has 236 valence electrons. The molecule has 0 spiro atoms. The molecule has 0 aliphatic carbocycles. The number of aromatic nitrogens is 2. The number of aryl methyl sites for hydroxylation is 1. The molecule has 0 saturated heterocycles. The summed E-state index contributed by atoms with van der Waals surface area (Å²) < 4.78 is 42.5. The van der Waals surface area contributed by atoms with Gasteiger partial charge in [0.05, 0.1) is 23.2 Å². The minimum absolute atomic E-state index is 0.00494. The van der Waals surface area contributed by atoms with Crippen LogP contribution in [-0.4, -0.2) is 54.5 Å². The largest absolute Gasteiger partial charge is 0.493 e. The minimum Gasteiger partial charge on any atom is -0.493 e. The van der Waals surface area contributed by atoms with Crippen molar-refractivity contribution in [2.24, 2.45) is 0 Å². The predicted molar refractivity (Wildman–Crippen MR) is 175 cm³/mol. The molecule has 0 saturated carbocycles. The highest BCUT2D eigenvalue weighted by atomic mass is 32.2. The van der Waals surface area contributed by atoms with E-state index in [2.05, 4.69) is 0 Å². The number of ether oxygens (including phenoxy) is 3. The molecule has 0 radical (unpaired) electrons. The molecule has 1 aliphatic rings. The summed E-state index contributed by atoms with van der Waals surface area (Å²) in [6.07, 6.45) is 5.88. The maximum absolute atomic E-state index is 12.8. The molecule has 1 aliphatic heterocycles. The number of carboxylic acids is 1. The zero-order valence-corrected chi connectivity index (χ0v) is 27.4. The van der Waals surface area contributed by atoms with Crippen LogP contribution in [0.25, 0.3) is 32.9 Å². The van der Waals surface area contributed by atoms with Crippen molar-refractivity contribution in [3.63, 3.8) is 0 Å². The quantitative estimate of drug-likeness (QED) is 0.196. The first kappa shape index (κ1) is 32.1. The van der Waals surface area contributed by atoms with Gasteiger partial charge in [0.25, 0.3) is 0 Å². The van der Waals surface area contributed by atoms with Crippen LogP contribution in [0.3, 0.4) is 0 Å². The van der Waals surface area contributed by atoms with Crippen LogP contribution >= 0.6 is 0 Å². The van der Waals surface area contributed by atoms with Crippen molar-refractivity contribution < 1.29 is 32.5 Å². The summed E-state index contributed by atoms with van der Waals surface area (Å²) in [5.74, 6) is -0.0660. The van der Waals surface area contributed by atoms with Gasteiger partial charge in [-0.1, -0.05) is 12.2 Å². The Kier molecular flexibility index (Phi) is 8.75. The van der Waals surface area contributed by atoms with Crippen LogP contribution in [0.2, 0.25) is 0 Å². The fourth-order valence-electron chi connectivity index (χ4n) is 5.66. The second kappa shape index (κ2) is 12.3. The van der Waals surface area contributed by atoms with Crippen molar-refractivity contribution in [3.05, 3.63) is 81.9 Å². The summed E-state index contributed by atoms with van der Waals surface area (Å²) in [7, 11) is -3.41. The summed E-state index contributed by atoms with van der Waals surface area (Å²) >= 11 is 0. The van der Waals surface area contributed by atoms with Gasteiger partial charge >= 0.3 is 5.97 Å². The first-order valence-electron chi connectivity index (χ1n) is 14.7. The van der Waals surface area contributed by atoms with Gasteiger partial charge in [-0.25, -0.2) is 18.2 Å². The third-order valence-corrected chi connectivity index (χ3v) is 9.14. The number of rotatable bonds is 9. The number of hydrogen-bond donors (Lipinski definition) is 1. The molecule has 4 aromatic rings. The van der Waals surface area contributed by atoms with E-state index >= 15 is 0 Å². The van der Waals surface area contributed by atoms with Crippen LogP contribution in [-0.2, 0) is 25.8 Å².